The van der Waals surface area contributed by atoms with Crippen LogP contribution in [0.15, 0.2) is 152 Å². The summed E-state index contributed by atoms with van der Waals surface area (Å²) in [5.74, 6) is -9.22. The molecule has 3 unspecified atom stereocenters. The summed E-state index contributed by atoms with van der Waals surface area (Å²) in [5.41, 5.74) is 4.18. The van der Waals surface area contributed by atoms with Gasteiger partial charge in [0.25, 0.3) is 0 Å². The van der Waals surface area contributed by atoms with Crippen LogP contribution < -0.4 is 47.9 Å². The Bertz CT molecular complexity index is 3200. The van der Waals surface area contributed by atoms with Gasteiger partial charge in [-0.3, -0.25) is 38.4 Å². The number of thioether (sulfide) groups is 1. The van der Waals surface area contributed by atoms with Gasteiger partial charge in [-0.1, -0.05) is 165 Å². The average molecular weight is 1330 g/mol. The summed E-state index contributed by atoms with van der Waals surface area (Å²) in [6, 6.07) is 39.1. The Morgan fingerprint density at radius 1 is 0.347 bits per heavy atom. The van der Waals surface area contributed by atoms with Gasteiger partial charge >= 0.3 is 29.9 Å². The van der Waals surface area contributed by atoms with E-state index in [1.165, 1.54) is 11.8 Å². The molecule has 0 spiro atoms. The van der Waals surface area contributed by atoms with Gasteiger partial charge in [-0.15, -0.1) is 11.8 Å². The Kier molecular flexibility index (Phi) is 33.0. The number of nitrogens with one attached hydrogen (secondary N) is 9. The molecule has 0 aliphatic carbocycles. The molecular weight excluding hydrogens is 1240 g/mol. The zero-order valence-corrected chi connectivity index (χ0v) is 53.6. The van der Waals surface area contributed by atoms with Crippen molar-refractivity contribution in [3.63, 3.8) is 0 Å². The van der Waals surface area contributed by atoms with Gasteiger partial charge in [-0.05, 0) is 85.6 Å². The fourth-order valence-corrected chi connectivity index (χ4v) is 11.6. The zero-order chi connectivity index (χ0) is 68.8. The lowest BCUT2D eigenvalue weighted by molar-refractivity contribution is -0.143. The van der Waals surface area contributed by atoms with Crippen molar-refractivity contribution in [1.82, 2.24) is 47.9 Å². The maximum absolute atomic E-state index is 14.3. The van der Waals surface area contributed by atoms with E-state index in [9.17, 15) is 72.9 Å². The third-order valence-corrected chi connectivity index (χ3v) is 16.8. The van der Waals surface area contributed by atoms with E-state index in [2.05, 4.69) is 47.9 Å². The normalized spacial score (nSPS) is 12.5. The minimum atomic E-state index is -1.53. The lowest BCUT2D eigenvalue weighted by Gasteiger charge is -2.35. The van der Waals surface area contributed by atoms with Gasteiger partial charge in [0, 0.05) is 45.2 Å². The van der Waals surface area contributed by atoms with Crippen LogP contribution in [0.5, 0.6) is 0 Å². The van der Waals surface area contributed by atoms with Crippen molar-refractivity contribution < 1.29 is 78.0 Å². The molecule has 0 aliphatic rings. The summed E-state index contributed by atoms with van der Waals surface area (Å²) >= 11 is 1.40. The second kappa shape index (κ2) is 41.5. The summed E-state index contributed by atoms with van der Waals surface area (Å²) in [6.45, 7) is -0.508. The Balaban J connectivity index is 1.02. The number of unbranched alkanes of at least 4 members (excludes halogenated alkanes) is 5. The monoisotopic (exact) mass is 1330 g/mol. The van der Waals surface area contributed by atoms with Crippen LogP contribution in [0, 0.1) is 0 Å². The number of hydrogen-bond donors (Lipinski definition) is 13. The molecule has 0 fully saturated rings. The van der Waals surface area contributed by atoms with E-state index >= 15 is 0 Å². The molecule has 26 heteroatoms. The Morgan fingerprint density at radius 2 is 0.716 bits per heavy atom. The number of carboxylic acid groups (broad SMARTS) is 4. The van der Waals surface area contributed by atoms with Crippen molar-refractivity contribution in [3.05, 3.63) is 179 Å². The minimum Gasteiger partial charge on any atom is -0.481 e. The van der Waals surface area contributed by atoms with Crippen molar-refractivity contribution in [2.45, 2.75) is 138 Å². The topological polar surface area (TPSA) is 394 Å². The van der Waals surface area contributed by atoms with Crippen molar-refractivity contribution >= 4 is 83.0 Å². The van der Waals surface area contributed by atoms with Crippen LogP contribution in [0.2, 0.25) is 0 Å². The van der Waals surface area contributed by atoms with Crippen LogP contribution in [0.1, 0.15) is 118 Å². The molecule has 0 aliphatic heterocycles. The highest BCUT2D eigenvalue weighted by Gasteiger charge is 2.38. The number of rotatable bonds is 44. The first-order valence-corrected chi connectivity index (χ1v) is 32.5. The van der Waals surface area contributed by atoms with E-state index in [0.717, 1.165) is 16.7 Å². The number of urea groups is 1. The summed E-state index contributed by atoms with van der Waals surface area (Å²) in [5, 5.41) is 60.6. The van der Waals surface area contributed by atoms with Gasteiger partial charge < -0.3 is 68.3 Å². The molecule has 0 heterocycles. The van der Waals surface area contributed by atoms with Crippen LogP contribution in [0.3, 0.4) is 0 Å². The SMILES string of the molecule is O=C(O)CC[C@H](NC(=O)N[C@@H](CCCCNC(=O)CCCCCCC(=O)NCCCCC(NC(=O)C(Cc1ccccc1)NC(=O)C(Cc1ccccc1)NC(=O)CNC(=O)CNC(=O)CSC(c1ccccc1)(c1ccccc1)c1ccccc1)C(=O)O)C(=O)O)C(=O)O. The van der Waals surface area contributed by atoms with Crippen molar-refractivity contribution in [1.29, 1.82) is 0 Å². The molecule has 25 nitrogen and oxygen atoms in total. The molecule has 5 aromatic carbocycles. The van der Waals surface area contributed by atoms with Crippen LogP contribution in [0.25, 0.3) is 0 Å². The van der Waals surface area contributed by atoms with Crippen molar-refractivity contribution in [3.8, 4) is 0 Å². The van der Waals surface area contributed by atoms with Gasteiger partial charge in [0.1, 0.15) is 30.2 Å². The summed E-state index contributed by atoms with van der Waals surface area (Å²) in [7, 11) is 0. The Hall–Kier alpha value is -10.1. The van der Waals surface area contributed by atoms with Gasteiger partial charge in [0.2, 0.25) is 41.4 Å². The number of amides is 9. The van der Waals surface area contributed by atoms with E-state index in [1.54, 1.807) is 60.7 Å². The lowest BCUT2D eigenvalue weighted by atomic mass is 9.84. The smallest absolute Gasteiger partial charge is 0.326 e. The molecule has 0 aromatic heterocycles. The predicted molar refractivity (Wildman–Crippen MR) is 354 cm³/mol. The quantitative estimate of drug-likeness (QED) is 0.0181. The number of carbonyl (C=O) groups excluding carboxylic acids is 8. The Labute approximate surface area is 555 Å². The standard InChI is InChI=1S/C69H85N9O16S/c79-57(36-18-1-2-19-37-58(80)71-41-23-21-35-53(66(90)91)77-68(94)78-54(67(92)93)38-39-62(84)85)70-40-22-20-34-52(65(88)89)75-64(87)56(43-48-26-10-4-11-27-48)76-63(86)55(42-47-24-8-3-9-25-47)74-60(82)45-72-59(81)44-73-61(83)46-95-69(49-28-12-5-13-29-49,50-30-14-6-15-31-50)51-32-16-7-17-33-51/h3-17,24-33,52-56H,1-2,18-23,34-46H2,(H,70,79)(H,71,80)(H,72,81)(H,73,83)(H,74,82)(H,75,87)(H,76,86)(H,84,85)(H,88,89)(H,90,91)(H,92,93)(H2,77,78,94)/t52?,53-,54-,55?,56?/m0/s1. The van der Waals surface area contributed by atoms with Crippen LogP contribution in [-0.2, 0) is 70.3 Å². The van der Waals surface area contributed by atoms with E-state index in [4.69, 9.17) is 5.11 Å². The molecule has 0 saturated heterocycles. The van der Waals surface area contributed by atoms with Gasteiger partial charge in [-0.2, -0.15) is 0 Å². The zero-order valence-electron chi connectivity index (χ0n) is 52.8. The van der Waals surface area contributed by atoms with Crippen molar-refractivity contribution in [2.24, 2.45) is 0 Å². The second-order valence-electron chi connectivity index (χ2n) is 22.5. The summed E-state index contributed by atoms with van der Waals surface area (Å²) in [4.78, 5) is 152. The van der Waals surface area contributed by atoms with Gasteiger partial charge in [0.15, 0.2) is 0 Å². The first-order valence-electron chi connectivity index (χ1n) is 31.6. The highest BCUT2D eigenvalue weighted by atomic mass is 32.2. The Morgan fingerprint density at radius 3 is 1.14 bits per heavy atom. The molecule has 0 saturated carbocycles. The number of carboxylic acids is 4. The fourth-order valence-electron chi connectivity index (χ4n) is 10.2. The fraction of sp³-hybridized carbons (Fsp3) is 0.391. The predicted octanol–water partition coefficient (Wildman–Crippen LogP) is 4.95. The number of benzene rings is 5. The molecule has 95 heavy (non-hydrogen) atoms. The molecule has 5 atom stereocenters. The average Bonchev–Trinajstić information content (AvgIpc) is 0.768. The molecule has 9 amide bonds. The molecule has 5 rings (SSSR count). The highest BCUT2D eigenvalue weighted by molar-refractivity contribution is 8.01. The molecule has 0 radical (unpaired) electrons. The number of carbonyl (C=O) groups is 12. The summed E-state index contributed by atoms with van der Waals surface area (Å²) < 4.78 is -0.777. The van der Waals surface area contributed by atoms with Gasteiger partial charge in [-0.25, -0.2) is 19.2 Å². The number of aliphatic carboxylic acids is 4. The van der Waals surface area contributed by atoms with Crippen molar-refractivity contribution in [2.75, 3.05) is 31.9 Å². The molecule has 5 aromatic rings. The largest absolute Gasteiger partial charge is 0.481 e. The van der Waals surface area contributed by atoms with E-state index in [1.807, 2.05) is 91.0 Å². The first kappa shape index (κ1) is 75.6. The lowest BCUT2D eigenvalue weighted by Crippen LogP contribution is -2.57. The van der Waals surface area contributed by atoms with Crippen LogP contribution in [0.4, 0.5) is 4.79 Å². The maximum atomic E-state index is 14.3. The first-order chi connectivity index (χ1) is 45.7. The van der Waals surface area contributed by atoms with E-state index in [-0.39, 0.29) is 69.2 Å². The maximum Gasteiger partial charge on any atom is 0.326 e. The highest BCUT2D eigenvalue weighted by Crippen LogP contribution is 2.48. The minimum absolute atomic E-state index is 0.00434. The molecular formula is C69H85N9O16S. The van der Waals surface area contributed by atoms with Crippen LogP contribution in [-0.4, -0.2) is 154 Å². The third kappa shape index (κ3) is 27.9. The van der Waals surface area contributed by atoms with Crippen LogP contribution >= 0.6 is 11.8 Å². The molecule has 0 bridgehead atoms. The van der Waals surface area contributed by atoms with E-state index < -0.39 is 120 Å². The number of hydrogen-bond acceptors (Lipinski definition) is 13. The molecule has 13 N–H and O–H groups in total. The molecule has 508 valence electrons. The van der Waals surface area contributed by atoms with Gasteiger partial charge in [0.05, 0.1) is 23.6 Å². The van der Waals surface area contributed by atoms with E-state index in [0.29, 0.717) is 62.5 Å². The summed E-state index contributed by atoms with van der Waals surface area (Å²) in [6.07, 6.45) is 3.31. The third-order valence-electron chi connectivity index (χ3n) is 15.2. The second-order valence-corrected chi connectivity index (χ2v) is 23.7.